The van der Waals surface area contributed by atoms with E-state index in [1.165, 1.54) is 0 Å². The highest BCUT2D eigenvalue weighted by Gasteiger charge is 2.13. The van der Waals surface area contributed by atoms with E-state index < -0.39 is 5.97 Å². The van der Waals surface area contributed by atoms with E-state index in [-0.39, 0.29) is 0 Å². The SMILES string of the molecule is O=C(O)c1cccc2c1CNC=C2. The molecule has 2 rings (SSSR count). The number of fused-ring (bicyclic) bond motifs is 1. The molecule has 3 nitrogen and oxygen atoms in total. The fourth-order valence-electron chi connectivity index (χ4n) is 1.47. The molecule has 0 spiro atoms. The zero-order chi connectivity index (χ0) is 9.26. The second-order valence-corrected chi connectivity index (χ2v) is 2.89. The number of carboxylic acid groups (broad SMARTS) is 1. The first-order chi connectivity index (χ1) is 6.29. The van der Waals surface area contributed by atoms with Crippen molar-refractivity contribution in [3.8, 4) is 0 Å². The lowest BCUT2D eigenvalue weighted by Crippen LogP contribution is -2.14. The van der Waals surface area contributed by atoms with Crippen molar-refractivity contribution in [3.63, 3.8) is 0 Å². The Morgan fingerprint density at radius 2 is 2.31 bits per heavy atom. The van der Waals surface area contributed by atoms with Crippen LogP contribution in [0.25, 0.3) is 6.08 Å². The van der Waals surface area contributed by atoms with Crippen LogP contribution in [0, 0.1) is 0 Å². The van der Waals surface area contributed by atoms with Crippen molar-refractivity contribution >= 4 is 12.0 Å². The summed E-state index contributed by atoms with van der Waals surface area (Å²) in [6.07, 6.45) is 3.71. The maximum Gasteiger partial charge on any atom is 0.336 e. The first-order valence-electron chi connectivity index (χ1n) is 4.04. The standard InChI is InChI=1S/C10H9NO2/c12-10(13)8-3-1-2-7-4-5-11-6-9(7)8/h1-5,11H,6H2,(H,12,13). The van der Waals surface area contributed by atoms with Gasteiger partial charge < -0.3 is 10.4 Å². The van der Waals surface area contributed by atoms with Gasteiger partial charge in [0.2, 0.25) is 0 Å². The van der Waals surface area contributed by atoms with Gasteiger partial charge >= 0.3 is 5.97 Å². The average molecular weight is 175 g/mol. The van der Waals surface area contributed by atoms with Gasteiger partial charge in [-0.3, -0.25) is 0 Å². The van der Waals surface area contributed by atoms with Crippen molar-refractivity contribution in [3.05, 3.63) is 41.1 Å². The van der Waals surface area contributed by atoms with Crippen LogP contribution in [0.3, 0.4) is 0 Å². The van der Waals surface area contributed by atoms with Gasteiger partial charge in [-0.15, -0.1) is 0 Å². The maximum atomic E-state index is 10.8. The molecule has 0 saturated heterocycles. The summed E-state index contributed by atoms with van der Waals surface area (Å²) in [4.78, 5) is 10.8. The summed E-state index contributed by atoms with van der Waals surface area (Å²) in [7, 11) is 0. The van der Waals surface area contributed by atoms with Gasteiger partial charge in [0.15, 0.2) is 0 Å². The molecular weight excluding hydrogens is 166 g/mol. The molecule has 0 bridgehead atoms. The van der Waals surface area contributed by atoms with Crippen LogP contribution in [-0.2, 0) is 6.54 Å². The van der Waals surface area contributed by atoms with Crippen LogP contribution in [0.15, 0.2) is 24.4 Å². The fourth-order valence-corrected chi connectivity index (χ4v) is 1.47. The van der Waals surface area contributed by atoms with Crippen molar-refractivity contribution in [2.45, 2.75) is 6.54 Å². The molecule has 1 aliphatic heterocycles. The molecule has 13 heavy (non-hydrogen) atoms. The Balaban J connectivity index is 2.59. The number of carboxylic acids is 1. The summed E-state index contributed by atoms with van der Waals surface area (Å²) < 4.78 is 0. The number of hydrogen-bond acceptors (Lipinski definition) is 2. The minimum atomic E-state index is -0.867. The number of hydrogen-bond donors (Lipinski definition) is 2. The third-order valence-corrected chi connectivity index (χ3v) is 2.10. The molecule has 3 heteroatoms. The number of aromatic carboxylic acids is 1. The molecule has 0 radical (unpaired) electrons. The Morgan fingerprint density at radius 1 is 1.46 bits per heavy atom. The summed E-state index contributed by atoms with van der Waals surface area (Å²) in [5.41, 5.74) is 2.23. The van der Waals surface area contributed by atoms with E-state index in [0.717, 1.165) is 11.1 Å². The molecule has 1 aromatic carbocycles. The number of nitrogens with one attached hydrogen (secondary N) is 1. The maximum absolute atomic E-state index is 10.8. The third kappa shape index (κ3) is 1.28. The molecule has 0 atom stereocenters. The normalized spacial score (nSPS) is 13.2. The zero-order valence-electron chi connectivity index (χ0n) is 6.95. The molecule has 66 valence electrons. The zero-order valence-corrected chi connectivity index (χ0v) is 6.95. The minimum absolute atomic E-state index is 0.384. The van der Waals surface area contributed by atoms with E-state index in [4.69, 9.17) is 5.11 Å². The molecule has 0 saturated carbocycles. The second-order valence-electron chi connectivity index (χ2n) is 2.89. The molecule has 1 aromatic rings. The van der Waals surface area contributed by atoms with Gasteiger partial charge in [0.1, 0.15) is 0 Å². The first-order valence-corrected chi connectivity index (χ1v) is 4.04. The largest absolute Gasteiger partial charge is 0.478 e. The Bertz CT molecular complexity index is 383. The van der Waals surface area contributed by atoms with E-state index in [9.17, 15) is 4.79 Å². The van der Waals surface area contributed by atoms with Crippen LogP contribution in [0.1, 0.15) is 21.5 Å². The van der Waals surface area contributed by atoms with Gasteiger partial charge in [-0.25, -0.2) is 4.79 Å². The van der Waals surface area contributed by atoms with Crippen molar-refractivity contribution in [1.82, 2.24) is 5.32 Å². The van der Waals surface area contributed by atoms with E-state index in [1.54, 1.807) is 12.1 Å². The fraction of sp³-hybridized carbons (Fsp3) is 0.100. The van der Waals surface area contributed by atoms with Gasteiger partial charge in [-0.05, 0) is 29.5 Å². The minimum Gasteiger partial charge on any atom is -0.478 e. The summed E-state index contributed by atoms with van der Waals surface area (Å²) in [5, 5.41) is 11.9. The van der Waals surface area contributed by atoms with Crippen molar-refractivity contribution in [2.75, 3.05) is 0 Å². The van der Waals surface area contributed by atoms with E-state index in [1.807, 2.05) is 18.3 Å². The monoisotopic (exact) mass is 175 g/mol. The molecule has 0 amide bonds. The Morgan fingerprint density at radius 3 is 3.08 bits per heavy atom. The molecular formula is C10H9NO2. The van der Waals surface area contributed by atoms with Crippen LogP contribution >= 0.6 is 0 Å². The average Bonchev–Trinajstić information content (AvgIpc) is 2.17. The summed E-state index contributed by atoms with van der Waals surface area (Å²) in [6.45, 7) is 0.592. The highest BCUT2D eigenvalue weighted by Crippen LogP contribution is 2.18. The molecule has 0 aliphatic carbocycles. The summed E-state index contributed by atoms with van der Waals surface area (Å²) >= 11 is 0. The Kier molecular flexibility index (Phi) is 1.77. The molecule has 0 aromatic heterocycles. The van der Waals surface area contributed by atoms with Crippen LogP contribution in [0.4, 0.5) is 0 Å². The predicted octanol–water partition coefficient (Wildman–Crippen LogP) is 1.46. The lowest BCUT2D eigenvalue weighted by molar-refractivity contribution is 0.0695. The number of carbonyl (C=O) groups is 1. The molecule has 1 heterocycles. The highest BCUT2D eigenvalue weighted by atomic mass is 16.4. The lowest BCUT2D eigenvalue weighted by Gasteiger charge is -2.13. The van der Waals surface area contributed by atoms with Gasteiger partial charge in [0, 0.05) is 6.54 Å². The van der Waals surface area contributed by atoms with Crippen molar-refractivity contribution < 1.29 is 9.90 Å². The molecule has 2 N–H and O–H groups in total. The van der Waals surface area contributed by atoms with Gasteiger partial charge in [0.05, 0.1) is 5.56 Å². The van der Waals surface area contributed by atoms with E-state index >= 15 is 0 Å². The number of benzene rings is 1. The third-order valence-electron chi connectivity index (χ3n) is 2.10. The summed E-state index contributed by atoms with van der Waals surface area (Å²) in [5.74, 6) is -0.867. The van der Waals surface area contributed by atoms with E-state index in [2.05, 4.69) is 5.32 Å². The van der Waals surface area contributed by atoms with Gasteiger partial charge in [-0.1, -0.05) is 12.1 Å². The first kappa shape index (κ1) is 7.86. The van der Waals surface area contributed by atoms with Crippen molar-refractivity contribution in [1.29, 1.82) is 0 Å². The van der Waals surface area contributed by atoms with Crippen molar-refractivity contribution in [2.24, 2.45) is 0 Å². The van der Waals surface area contributed by atoms with E-state index in [0.29, 0.717) is 12.1 Å². The quantitative estimate of drug-likeness (QED) is 0.679. The van der Waals surface area contributed by atoms with Crippen LogP contribution in [-0.4, -0.2) is 11.1 Å². The highest BCUT2D eigenvalue weighted by molar-refractivity contribution is 5.90. The lowest BCUT2D eigenvalue weighted by atomic mass is 9.99. The van der Waals surface area contributed by atoms with Gasteiger partial charge in [0.25, 0.3) is 0 Å². The Hall–Kier alpha value is -1.77. The predicted molar refractivity (Wildman–Crippen MR) is 49.3 cm³/mol. The van der Waals surface area contributed by atoms with Crippen LogP contribution in [0.2, 0.25) is 0 Å². The second kappa shape index (κ2) is 2.94. The van der Waals surface area contributed by atoms with Gasteiger partial charge in [-0.2, -0.15) is 0 Å². The number of rotatable bonds is 1. The van der Waals surface area contributed by atoms with Crippen LogP contribution in [0.5, 0.6) is 0 Å². The molecule has 0 unspecified atom stereocenters. The topological polar surface area (TPSA) is 49.3 Å². The molecule has 0 fully saturated rings. The Labute approximate surface area is 75.7 Å². The molecule has 1 aliphatic rings. The smallest absolute Gasteiger partial charge is 0.336 e. The van der Waals surface area contributed by atoms with Crippen LogP contribution < -0.4 is 5.32 Å². The summed E-state index contributed by atoms with van der Waals surface area (Å²) in [6, 6.07) is 5.30.